The molecule has 0 aliphatic heterocycles. The van der Waals surface area contributed by atoms with E-state index in [1.807, 2.05) is 32.1 Å². The molecule has 1 saturated carbocycles. The number of thiazole rings is 1. The molecule has 2 N–H and O–H groups in total. The van der Waals surface area contributed by atoms with Gasteiger partial charge in [-0.15, -0.1) is 0 Å². The smallest absolute Gasteiger partial charge is 0.307 e. The first-order valence-electron chi connectivity index (χ1n) is 8.04. The Kier molecular flexibility index (Phi) is 3.46. The van der Waals surface area contributed by atoms with Gasteiger partial charge in [0.25, 0.3) is 0 Å². The first-order chi connectivity index (χ1) is 11.4. The number of hydrogen-bond donors (Lipinski definition) is 2. The van der Waals surface area contributed by atoms with Crippen LogP contribution in [0.2, 0.25) is 0 Å². The number of carboxylic acids is 1. The van der Waals surface area contributed by atoms with Gasteiger partial charge >= 0.3 is 5.97 Å². The molecule has 5 nitrogen and oxygen atoms in total. The molecule has 4 atom stereocenters. The van der Waals surface area contributed by atoms with Crippen LogP contribution in [0.25, 0.3) is 10.2 Å². The normalized spacial score (nSPS) is 27.8. The molecule has 6 heteroatoms. The van der Waals surface area contributed by atoms with Crippen molar-refractivity contribution in [2.24, 2.45) is 23.7 Å². The van der Waals surface area contributed by atoms with E-state index >= 15 is 0 Å². The summed E-state index contributed by atoms with van der Waals surface area (Å²) in [4.78, 5) is 28.7. The van der Waals surface area contributed by atoms with E-state index in [1.165, 1.54) is 16.9 Å². The Balaban J connectivity index is 1.60. The monoisotopic (exact) mass is 342 g/mol. The number of allylic oxidation sites excluding steroid dienone is 2. The van der Waals surface area contributed by atoms with Gasteiger partial charge in [0.05, 0.1) is 22.1 Å². The molecular formula is C18H18N2O3S. The second-order valence-corrected chi connectivity index (χ2v) is 7.78. The number of amides is 1. The Morgan fingerprint density at radius 3 is 2.54 bits per heavy atom. The lowest BCUT2D eigenvalue weighted by atomic mass is 9.82. The number of benzene rings is 1. The SMILES string of the molecule is Cc1cc2nc(NC(=O)[C@H]3[C@H](C(=O)O)[C@H]4C=C[C@H]3C4)sc2cc1C. The molecule has 24 heavy (non-hydrogen) atoms. The summed E-state index contributed by atoms with van der Waals surface area (Å²) in [6.07, 6.45) is 4.68. The molecule has 1 aromatic carbocycles. The molecule has 1 fully saturated rings. The Hall–Kier alpha value is -2.21. The van der Waals surface area contributed by atoms with Crippen LogP contribution in [0, 0.1) is 37.5 Å². The average Bonchev–Trinajstić information content (AvgIpc) is 3.20. The predicted octanol–water partition coefficient (Wildman–Crippen LogP) is 3.37. The molecule has 2 aromatic rings. The van der Waals surface area contributed by atoms with E-state index in [2.05, 4.69) is 16.4 Å². The molecule has 4 rings (SSSR count). The highest BCUT2D eigenvalue weighted by Crippen LogP contribution is 2.48. The molecule has 0 radical (unpaired) electrons. The van der Waals surface area contributed by atoms with Crippen LogP contribution in [0.5, 0.6) is 0 Å². The molecule has 124 valence electrons. The third kappa shape index (κ3) is 2.33. The molecule has 0 saturated heterocycles. The van der Waals surface area contributed by atoms with Gasteiger partial charge in [-0.1, -0.05) is 23.5 Å². The molecule has 2 bridgehead atoms. The zero-order valence-corrected chi connectivity index (χ0v) is 14.3. The number of hydrogen-bond acceptors (Lipinski definition) is 4. The van der Waals surface area contributed by atoms with Crippen molar-refractivity contribution in [3.05, 3.63) is 35.4 Å². The van der Waals surface area contributed by atoms with Crippen LogP contribution in [0.1, 0.15) is 17.5 Å². The van der Waals surface area contributed by atoms with Crippen LogP contribution < -0.4 is 5.32 Å². The van der Waals surface area contributed by atoms with Crippen molar-refractivity contribution in [1.82, 2.24) is 4.98 Å². The Bertz CT molecular complexity index is 847. The highest BCUT2D eigenvalue weighted by molar-refractivity contribution is 7.22. The number of anilines is 1. The van der Waals surface area contributed by atoms with Crippen molar-refractivity contribution in [3.63, 3.8) is 0 Å². The average molecular weight is 342 g/mol. The number of nitrogens with zero attached hydrogens (tertiary/aromatic N) is 1. The molecule has 0 spiro atoms. The molecule has 0 unspecified atom stereocenters. The van der Waals surface area contributed by atoms with Crippen LogP contribution in [0.3, 0.4) is 0 Å². The van der Waals surface area contributed by atoms with Gasteiger partial charge in [-0.25, -0.2) is 4.98 Å². The van der Waals surface area contributed by atoms with E-state index in [0.717, 1.165) is 22.2 Å². The lowest BCUT2D eigenvalue weighted by molar-refractivity contribution is -0.146. The van der Waals surface area contributed by atoms with Crippen molar-refractivity contribution in [2.45, 2.75) is 20.3 Å². The third-order valence-corrected chi connectivity index (χ3v) is 6.21. The van der Waals surface area contributed by atoms with Gasteiger partial charge in [0.2, 0.25) is 5.91 Å². The van der Waals surface area contributed by atoms with E-state index < -0.39 is 17.8 Å². The number of carbonyl (C=O) groups excluding carboxylic acids is 1. The fourth-order valence-corrected chi connectivity index (χ4v) is 4.89. The lowest BCUT2D eigenvalue weighted by Crippen LogP contribution is -2.36. The number of rotatable bonds is 3. The van der Waals surface area contributed by atoms with Crippen LogP contribution in [0.4, 0.5) is 5.13 Å². The lowest BCUT2D eigenvalue weighted by Gasteiger charge is -2.23. The van der Waals surface area contributed by atoms with Crippen molar-refractivity contribution in [1.29, 1.82) is 0 Å². The number of aliphatic carboxylic acids is 1. The molecule has 1 aromatic heterocycles. The summed E-state index contributed by atoms with van der Waals surface area (Å²) in [5.74, 6) is -2.25. The predicted molar refractivity (Wildman–Crippen MR) is 93.1 cm³/mol. The highest BCUT2D eigenvalue weighted by atomic mass is 32.1. The molecular weight excluding hydrogens is 324 g/mol. The summed E-state index contributed by atoms with van der Waals surface area (Å²) in [6, 6.07) is 4.08. The number of aryl methyl sites for hydroxylation is 2. The van der Waals surface area contributed by atoms with Gasteiger partial charge in [0.15, 0.2) is 5.13 Å². The Morgan fingerprint density at radius 2 is 1.83 bits per heavy atom. The van der Waals surface area contributed by atoms with E-state index in [-0.39, 0.29) is 17.7 Å². The summed E-state index contributed by atoms with van der Waals surface area (Å²) < 4.78 is 1.02. The number of nitrogens with one attached hydrogen (secondary N) is 1. The summed E-state index contributed by atoms with van der Waals surface area (Å²) >= 11 is 1.43. The molecule has 1 amide bonds. The van der Waals surface area contributed by atoms with E-state index in [4.69, 9.17) is 0 Å². The van der Waals surface area contributed by atoms with Crippen molar-refractivity contribution in [3.8, 4) is 0 Å². The van der Waals surface area contributed by atoms with Crippen LogP contribution in [-0.2, 0) is 9.59 Å². The Morgan fingerprint density at radius 1 is 1.17 bits per heavy atom. The standard InChI is InChI=1S/C18H18N2O3S/c1-8-5-12-13(6-9(8)2)24-18(19-12)20-16(21)14-10-3-4-11(7-10)15(14)17(22)23/h3-6,10-11,14-15H,7H2,1-2H3,(H,22,23)(H,19,20,21)/t10-,11-,14+,15+/m0/s1. The Labute approximate surface area is 143 Å². The second kappa shape index (κ2) is 5.41. The van der Waals surface area contributed by atoms with Gasteiger partial charge in [-0.2, -0.15) is 0 Å². The van der Waals surface area contributed by atoms with Gasteiger partial charge in [-0.05, 0) is 55.4 Å². The fourth-order valence-electron chi connectivity index (χ4n) is 3.94. The van der Waals surface area contributed by atoms with E-state index in [9.17, 15) is 14.7 Å². The highest BCUT2D eigenvalue weighted by Gasteiger charge is 2.51. The van der Waals surface area contributed by atoms with E-state index in [0.29, 0.717) is 5.13 Å². The second-order valence-electron chi connectivity index (χ2n) is 6.75. The van der Waals surface area contributed by atoms with Crippen LogP contribution >= 0.6 is 11.3 Å². The van der Waals surface area contributed by atoms with E-state index in [1.54, 1.807) is 0 Å². The van der Waals surface area contributed by atoms with Gasteiger partial charge in [-0.3, -0.25) is 9.59 Å². The maximum atomic E-state index is 12.7. The zero-order valence-electron chi connectivity index (χ0n) is 13.4. The number of fused-ring (bicyclic) bond motifs is 3. The summed E-state index contributed by atoms with van der Waals surface area (Å²) in [5.41, 5.74) is 3.21. The third-order valence-electron chi connectivity index (χ3n) is 5.28. The first-order valence-corrected chi connectivity index (χ1v) is 8.85. The topological polar surface area (TPSA) is 79.3 Å². The first kappa shape index (κ1) is 15.3. The van der Waals surface area contributed by atoms with Crippen LogP contribution in [0.15, 0.2) is 24.3 Å². The maximum Gasteiger partial charge on any atom is 0.307 e. The summed E-state index contributed by atoms with van der Waals surface area (Å²) in [7, 11) is 0. The minimum atomic E-state index is -0.887. The van der Waals surface area contributed by atoms with Gasteiger partial charge in [0.1, 0.15) is 0 Å². The minimum absolute atomic E-state index is 0.0231. The van der Waals surface area contributed by atoms with Crippen molar-refractivity contribution in [2.75, 3.05) is 5.32 Å². The molecule has 2 aliphatic rings. The van der Waals surface area contributed by atoms with Crippen molar-refractivity contribution < 1.29 is 14.7 Å². The van der Waals surface area contributed by atoms with Gasteiger partial charge in [0, 0.05) is 0 Å². The largest absolute Gasteiger partial charge is 0.481 e. The quantitative estimate of drug-likeness (QED) is 0.838. The number of carbonyl (C=O) groups is 2. The number of carboxylic acid groups (broad SMARTS) is 1. The van der Waals surface area contributed by atoms with Crippen molar-refractivity contribution >= 4 is 38.6 Å². The minimum Gasteiger partial charge on any atom is -0.481 e. The zero-order chi connectivity index (χ0) is 17.0. The van der Waals surface area contributed by atoms with Crippen LogP contribution in [-0.4, -0.2) is 22.0 Å². The van der Waals surface area contributed by atoms with Gasteiger partial charge < -0.3 is 10.4 Å². The maximum absolute atomic E-state index is 12.7. The molecule has 2 aliphatic carbocycles. The number of aromatic nitrogens is 1. The fraction of sp³-hybridized carbons (Fsp3) is 0.389. The summed E-state index contributed by atoms with van der Waals surface area (Å²) in [5, 5.41) is 12.9. The molecule has 1 heterocycles. The summed E-state index contributed by atoms with van der Waals surface area (Å²) in [6.45, 7) is 4.08.